The van der Waals surface area contributed by atoms with Gasteiger partial charge in [0.2, 0.25) is 0 Å². The minimum atomic E-state index is -0.653. The molecule has 2 aliphatic heterocycles. The van der Waals surface area contributed by atoms with Gasteiger partial charge in [-0.2, -0.15) is 0 Å². The quantitative estimate of drug-likeness (QED) is 0.620. The van der Waals surface area contributed by atoms with Gasteiger partial charge in [-0.25, -0.2) is 0 Å². The van der Waals surface area contributed by atoms with Crippen LogP contribution in [-0.2, 0) is 14.2 Å². The summed E-state index contributed by atoms with van der Waals surface area (Å²) in [4.78, 5) is 0. The molecule has 0 radical (unpaired) electrons. The zero-order valence-corrected chi connectivity index (χ0v) is 15.7. The van der Waals surface area contributed by atoms with Crippen molar-refractivity contribution in [2.75, 3.05) is 13.2 Å². The Labute approximate surface area is 152 Å². The SMILES string of the molecule is CCCCCCCC1(CC[C@H]2[C@H](O)CC3OC(O)C[C@@H]32)OCCCO1. The molecule has 3 fully saturated rings. The van der Waals surface area contributed by atoms with Crippen molar-refractivity contribution in [3.8, 4) is 0 Å². The highest BCUT2D eigenvalue weighted by atomic mass is 16.7. The molecule has 0 amide bonds. The Morgan fingerprint density at radius 1 is 0.960 bits per heavy atom. The topological polar surface area (TPSA) is 68.2 Å². The Balaban J connectivity index is 1.51. The number of hydrogen-bond donors (Lipinski definition) is 2. The lowest BCUT2D eigenvalue weighted by molar-refractivity contribution is -0.275. The molecular formula is C20H36O5. The molecule has 1 aliphatic carbocycles. The van der Waals surface area contributed by atoms with Crippen LogP contribution in [0.1, 0.15) is 77.6 Å². The summed E-state index contributed by atoms with van der Waals surface area (Å²) in [7, 11) is 0. The molecule has 2 unspecified atom stereocenters. The van der Waals surface area contributed by atoms with Gasteiger partial charge in [0.05, 0.1) is 25.4 Å². The lowest BCUT2D eigenvalue weighted by atomic mass is 9.85. The minimum Gasteiger partial charge on any atom is -0.393 e. The highest BCUT2D eigenvalue weighted by Gasteiger charge is 2.49. The van der Waals surface area contributed by atoms with Gasteiger partial charge in [-0.15, -0.1) is 0 Å². The molecule has 5 heteroatoms. The summed E-state index contributed by atoms with van der Waals surface area (Å²) < 4.78 is 17.8. The second-order valence-corrected chi connectivity index (χ2v) is 8.16. The summed E-state index contributed by atoms with van der Waals surface area (Å²) in [5.41, 5.74) is 0. The van der Waals surface area contributed by atoms with Gasteiger partial charge in [0.1, 0.15) is 0 Å². The van der Waals surface area contributed by atoms with Gasteiger partial charge < -0.3 is 24.4 Å². The third kappa shape index (κ3) is 4.95. The molecule has 1 saturated carbocycles. The smallest absolute Gasteiger partial charge is 0.168 e. The van der Waals surface area contributed by atoms with E-state index in [4.69, 9.17) is 14.2 Å². The third-order valence-electron chi connectivity index (χ3n) is 6.34. The fourth-order valence-corrected chi connectivity index (χ4v) is 4.94. The standard InChI is InChI=1S/C20H36O5/c1-2-3-4-5-6-9-20(23-11-7-12-24-20)10-8-15-16-13-19(22)25-18(16)14-17(15)21/h15-19,21-22H,2-14H2,1H3/t15-,16-,17-,18?,19?/m1/s1. The molecule has 5 nitrogen and oxygen atoms in total. The molecule has 5 atom stereocenters. The van der Waals surface area contributed by atoms with Gasteiger partial charge in [0, 0.05) is 25.7 Å². The van der Waals surface area contributed by atoms with Crippen molar-refractivity contribution < 1.29 is 24.4 Å². The molecular weight excluding hydrogens is 320 g/mol. The largest absolute Gasteiger partial charge is 0.393 e. The van der Waals surface area contributed by atoms with Crippen LogP contribution in [0.5, 0.6) is 0 Å². The number of hydrogen-bond acceptors (Lipinski definition) is 5. The molecule has 2 heterocycles. The monoisotopic (exact) mass is 356 g/mol. The average molecular weight is 357 g/mol. The molecule has 3 aliphatic rings. The van der Waals surface area contributed by atoms with Gasteiger partial charge in [0.25, 0.3) is 0 Å². The van der Waals surface area contributed by atoms with Gasteiger partial charge in [-0.05, 0) is 31.1 Å². The van der Waals surface area contributed by atoms with E-state index in [9.17, 15) is 10.2 Å². The van der Waals surface area contributed by atoms with Gasteiger partial charge in [-0.3, -0.25) is 0 Å². The van der Waals surface area contributed by atoms with Crippen LogP contribution >= 0.6 is 0 Å². The Kier molecular flexibility index (Phi) is 7.15. The third-order valence-corrected chi connectivity index (χ3v) is 6.34. The second kappa shape index (κ2) is 9.14. The maximum atomic E-state index is 10.4. The first-order valence-electron chi connectivity index (χ1n) is 10.4. The maximum Gasteiger partial charge on any atom is 0.168 e. The Bertz CT molecular complexity index is 396. The van der Waals surface area contributed by atoms with Crippen molar-refractivity contribution in [2.45, 2.75) is 102 Å². The van der Waals surface area contributed by atoms with Gasteiger partial charge in [-0.1, -0.05) is 32.6 Å². The number of aliphatic hydroxyl groups excluding tert-OH is 2. The van der Waals surface area contributed by atoms with Crippen molar-refractivity contribution >= 4 is 0 Å². The van der Waals surface area contributed by atoms with Crippen LogP contribution in [0.15, 0.2) is 0 Å². The molecule has 25 heavy (non-hydrogen) atoms. The van der Waals surface area contributed by atoms with Crippen LogP contribution in [0, 0.1) is 11.8 Å². The summed E-state index contributed by atoms with van der Waals surface area (Å²) >= 11 is 0. The van der Waals surface area contributed by atoms with Crippen molar-refractivity contribution in [1.82, 2.24) is 0 Å². The van der Waals surface area contributed by atoms with Crippen LogP contribution in [0.25, 0.3) is 0 Å². The van der Waals surface area contributed by atoms with E-state index in [0.717, 1.165) is 45.3 Å². The van der Waals surface area contributed by atoms with Crippen LogP contribution < -0.4 is 0 Å². The van der Waals surface area contributed by atoms with Crippen LogP contribution in [0.3, 0.4) is 0 Å². The molecule has 3 rings (SSSR count). The molecule has 2 N–H and O–H groups in total. The fraction of sp³-hybridized carbons (Fsp3) is 1.00. The second-order valence-electron chi connectivity index (χ2n) is 8.16. The summed E-state index contributed by atoms with van der Waals surface area (Å²) in [6, 6.07) is 0. The van der Waals surface area contributed by atoms with Crippen molar-refractivity contribution in [3.05, 3.63) is 0 Å². The van der Waals surface area contributed by atoms with Crippen molar-refractivity contribution in [1.29, 1.82) is 0 Å². The molecule has 0 spiro atoms. The zero-order valence-electron chi connectivity index (χ0n) is 15.7. The Morgan fingerprint density at radius 2 is 1.72 bits per heavy atom. The Hall–Kier alpha value is -0.200. The zero-order chi connectivity index (χ0) is 17.7. The first kappa shape index (κ1) is 19.6. The highest BCUT2D eigenvalue weighted by Crippen LogP contribution is 2.46. The van der Waals surface area contributed by atoms with Crippen LogP contribution in [-0.4, -0.2) is 47.7 Å². The molecule has 2 saturated heterocycles. The lowest BCUT2D eigenvalue weighted by Gasteiger charge is -2.38. The number of fused-ring (bicyclic) bond motifs is 1. The minimum absolute atomic E-state index is 0.0215. The molecule has 0 aromatic rings. The summed E-state index contributed by atoms with van der Waals surface area (Å²) in [5.74, 6) is 0.00353. The van der Waals surface area contributed by atoms with E-state index in [0.29, 0.717) is 12.8 Å². The van der Waals surface area contributed by atoms with E-state index >= 15 is 0 Å². The summed E-state index contributed by atoms with van der Waals surface area (Å²) in [6.07, 6.45) is 10.2. The van der Waals surface area contributed by atoms with E-state index in [2.05, 4.69) is 6.92 Å². The molecule has 0 aromatic carbocycles. The number of ether oxygens (including phenoxy) is 3. The lowest BCUT2D eigenvalue weighted by Crippen LogP contribution is -2.41. The number of rotatable bonds is 9. The van der Waals surface area contributed by atoms with Crippen LogP contribution in [0.4, 0.5) is 0 Å². The number of unbranched alkanes of at least 4 members (excludes halogenated alkanes) is 4. The normalized spacial score (nSPS) is 37.3. The number of aliphatic hydroxyl groups is 2. The van der Waals surface area contributed by atoms with E-state index < -0.39 is 12.1 Å². The van der Waals surface area contributed by atoms with E-state index in [1.165, 1.54) is 25.7 Å². The van der Waals surface area contributed by atoms with Crippen molar-refractivity contribution in [3.63, 3.8) is 0 Å². The maximum absolute atomic E-state index is 10.4. The Morgan fingerprint density at radius 3 is 2.48 bits per heavy atom. The van der Waals surface area contributed by atoms with Crippen molar-refractivity contribution in [2.24, 2.45) is 11.8 Å². The average Bonchev–Trinajstić information content (AvgIpc) is 3.09. The highest BCUT2D eigenvalue weighted by molar-refractivity contribution is 4.96. The molecule has 0 bridgehead atoms. The molecule has 146 valence electrons. The predicted octanol–water partition coefficient (Wildman–Crippen LogP) is 3.36. The van der Waals surface area contributed by atoms with E-state index in [1.807, 2.05) is 0 Å². The first-order valence-corrected chi connectivity index (χ1v) is 10.4. The fourth-order valence-electron chi connectivity index (χ4n) is 4.94. The summed E-state index contributed by atoms with van der Waals surface area (Å²) in [6.45, 7) is 3.78. The first-order chi connectivity index (χ1) is 12.1. The van der Waals surface area contributed by atoms with Gasteiger partial charge >= 0.3 is 0 Å². The van der Waals surface area contributed by atoms with Crippen LogP contribution in [0.2, 0.25) is 0 Å². The summed E-state index contributed by atoms with van der Waals surface area (Å²) in [5, 5.41) is 20.2. The van der Waals surface area contributed by atoms with E-state index in [1.54, 1.807) is 0 Å². The van der Waals surface area contributed by atoms with Gasteiger partial charge in [0.15, 0.2) is 12.1 Å². The van der Waals surface area contributed by atoms with E-state index in [-0.39, 0.29) is 24.0 Å². The predicted molar refractivity (Wildman–Crippen MR) is 95.0 cm³/mol. The molecule has 0 aromatic heterocycles.